The molecule has 1 aromatic carbocycles. The van der Waals surface area contributed by atoms with Gasteiger partial charge in [-0.3, -0.25) is 4.90 Å². The highest BCUT2D eigenvalue weighted by molar-refractivity contribution is 5.28. The van der Waals surface area contributed by atoms with Crippen LogP contribution < -0.4 is 4.74 Å². The van der Waals surface area contributed by atoms with Crippen molar-refractivity contribution in [1.29, 1.82) is 0 Å². The number of ether oxygens (including phenoxy) is 1. The molecule has 2 nitrogen and oxygen atoms in total. The third-order valence-electron chi connectivity index (χ3n) is 3.36. The van der Waals surface area contributed by atoms with Crippen LogP contribution in [0.2, 0.25) is 0 Å². The van der Waals surface area contributed by atoms with Crippen molar-refractivity contribution in [3.63, 3.8) is 0 Å². The van der Waals surface area contributed by atoms with E-state index in [0.717, 1.165) is 31.7 Å². The average Bonchev–Trinajstić information content (AvgIpc) is 2.46. The van der Waals surface area contributed by atoms with E-state index in [0.29, 0.717) is 6.04 Å². The number of hydrogen-bond donors (Lipinski definition) is 0. The lowest BCUT2D eigenvalue weighted by molar-refractivity contribution is 0.232. The predicted molar refractivity (Wildman–Crippen MR) is 82.6 cm³/mol. The van der Waals surface area contributed by atoms with Gasteiger partial charge in [0, 0.05) is 12.6 Å². The molecule has 0 heterocycles. The van der Waals surface area contributed by atoms with Crippen LogP contribution in [0.1, 0.15) is 31.4 Å². The zero-order chi connectivity index (χ0) is 14.1. The van der Waals surface area contributed by atoms with E-state index >= 15 is 0 Å². The topological polar surface area (TPSA) is 12.5 Å². The summed E-state index contributed by atoms with van der Waals surface area (Å²) in [7, 11) is 1.69. The lowest BCUT2D eigenvalue weighted by Crippen LogP contribution is -2.28. The number of allylic oxidation sites excluding steroid dienone is 1. The highest BCUT2D eigenvalue weighted by Crippen LogP contribution is 2.23. The van der Waals surface area contributed by atoms with Crippen LogP contribution in [0.3, 0.4) is 0 Å². The maximum Gasteiger partial charge on any atom is 0.118 e. The van der Waals surface area contributed by atoms with Crippen molar-refractivity contribution in [2.24, 2.45) is 0 Å². The van der Waals surface area contributed by atoms with Crippen LogP contribution in [0.4, 0.5) is 0 Å². The van der Waals surface area contributed by atoms with Crippen LogP contribution in [-0.2, 0) is 0 Å². The molecule has 0 aromatic heterocycles. The SMILES string of the molecule is C=CCCCN(CC=C)C(C)c1ccc(OC)cc1. The lowest BCUT2D eigenvalue weighted by Gasteiger charge is -2.28. The van der Waals surface area contributed by atoms with Crippen molar-refractivity contribution in [2.75, 3.05) is 20.2 Å². The second-order valence-corrected chi connectivity index (χ2v) is 4.66. The molecule has 0 radical (unpaired) electrons. The second-order valence-electron chi connectivity index (χ2n) is 4.66. The number of nitrogens with zero attached hydrogens (tertiary/aromatic N) is 1. The first-order valence-corrected chi connectivity index (χ1v) is 6.82. The van der Waals surface area contributed by atoms with E-state index < -0.39 is 0 Å². The van der Waals surface area contributed by atoms with Crippen molar-refractivity contribution >= 4 is 0 Å². The number of methoxy groups -OCH3 is 1. The molecule has 0 aliphatic heterocycles. The molecule has 0 aliphatic rings. The van der Waals surface area contributed by atoms with E-state index in [1.807, 2.05) is 24.3 Å². The molecular weight excluding hydrogens is 234 g/mol. The number of unbranched alkanes of at least 4 members (excludes halogenated alkanes) is 1. The highest BCUT2D eigenvalue weighted by Gasteiger charge is 2.13. The highest BCUT2D eigenvalue weighted by atomic mass is 16.5. The average molecular weight is 259 g/mol. The summed E-state index contributed by atoms with van der Waals surface area (Å²) < 4.78 is 5.20. The third-order valence-corrected chi connectivity index (χ3v) is 3.36. The van der Waals surface area contributed by atoms with Crippen molar-refractivity contribution < 1.29 is 4.74 Å². The summed E-state index contributed by atoms with van der Waals surface area (Å²) in [5, 5.41) is 0. The Labute approximate surface area is 117 Å². The normalized spacial score (nSPS) is 12.2. The Morgan fingerprint density at radius 2 is 1.89 bits per heavy atom. The number of hydrogen-bond acceptors (Lipinski definition) is 2. The molecule has 104 valence electrons. The lowest BCUT2D eigenvalue weighted by atomic mass is 10.1. The van der Waals surface area contributed by atoms with Crippen LogP contribution in [0, 0.1) is 0 Å². The van der Waals surface area contributed by atoms with Gasteiger partial charge in [0.05, 0.1) is 7.11 Å². The molecule has 0 fully saturated rings. The molecule has 1 aromatic rings. The van der Waals surface area contributed by atoms with Gasteiger partial charge in [-0.25, -0.2) is 0 Å². The van der Waals surface area contributed by atoms with E-state index in [9.17, 15) is 0 Å². The smallest absolute Gasteiger partial charge is 0.118 e. The maximum absolute atomic E-state index is 5.20. The van der Waals surface area contributed by atoms with Gasteiger partial charge in [-0.2, -0.15) is 0 Å². The molecule has 0 saturated heterocycles. The quantitative estimate of drug-likeness (QED) is 0.486. The van der Waals surface area contributed by atoms with Gasteiger partial charge in [0.1, 0.15) is 5.75 Å². The first-order chi connectivity index (χ1) is 9.22. The van der Waals surface area contributed by atoms with Gasteiger partial charge in [0.2, 0.25) is 0 Å². The number of rotatable bonds is 9. The van der Waals surface area contributed by atoms with Gasteiger partial charge in [-0.1, -0.05) is 24.3 Å². The third kappa shape index (κ3) is 4.92. The summed E-state index contributed by atoms with van der Waals surface area (Å²) in [4.78, 5) is 2.43. The van der Waals surface area contributed by atoms with Crippen molar-refractivity contribution in [1.82, 2.24) is 4.90 Å². The standard InChI is InChI=1S/C17H25NO/c1-5-7-8-14-18(13-6-2)15(3)16-9-11-17(19-4)12-10-16/h5-6,9-12,15H,1-2,7-8,13-14H2,3-4H3. The zero-order valence-corrected chi connectivity index (χ0v) is 12.1. The summed E-state index contributed by atoms with van der Waals surface area (Å²) in [6.45, 7) is 11.8. The van der Waals surface area contributed by atoms with Gasteiger partial charge < -0.3 is 4.74 Å². The van der Waals surface area contributed by atoms with E-state index in [4.69, 9.17) is 4.74 Å². The van der Waals surface area contributed by atoms with Gasteiger partial charge in [0.25, 0.3) is 0 Å². The van der Waals surface area contributed by atoms with Gasteiger partial charge in [0.15, 0.2) is 0 Å². The molecule has 0 aliphatic carbocycles. The van der Waals surface area contributed by atoms with Crippen LogP contribution in [0.25, 0.3) is 0 Å². The Morgan fingerprint density at radius 1 is 1.21 bits per heavy atom. The summed E-state index contributed by atoms with van der Waals surface area (Å²) in [6.07, 6.45) is 6.14. The Kier molecular flexibility index (Phi) is 6.98. The Balaban J connectivity index is 2.69. The Morgan fingerprint density at radius 3 is 2.42 bits per heavy atom. The Bertz CT molecular complexity index is 383. The molecule has 0 saturated carbocycles. The molecule has 19 heavy (non-hydrogen) atoms. The fourth-order valence-electron chi connectivity index (χ4n) is 2.14. The van der Waals surface area contributed by atoms with E-state index in [1.54, 1.807) is 7.11 Å². The van der Waals surface area contributed by atoms with Crippen molar-refractivity contribution in [2.45, 2.75) is 25.8 Å². The summed E-state index contributed by atoms with van der Waals surface area (Å²) in [5.74, 6) is 0.901. The molecule has 0 bridgehead atoms. The summed E-state index contributed by atoms with van der Waals surface area (Å²) in [5.41, 5.74) is 1.31. The summed E-state index contributed by atoms with van der Waals surface area (Å²) >= 11 is 0. The molecule has 1 unspecified atom stereocenters. The molecule has 1 atom stereocenters. The van der Waals surface area contributed by atoms with E-state index in [2.05, 4.69) is 37.1 Å². The molecule has 1 rings (SSSR count). The second kappa shape index (κ2) is 8.54. The van der Waals surface area contributed by atoms with Gasteiger partial charge in [-0.05, 0) is 44.0 Å². The number of benzene rings is 1. The van der Waals surface area contributed by atoms with Crippen LogP contribution in [-0.4, -0.2) is 25.1 Å². The maximum atomic E-state index is 5.20. The van der Waals surface area contributed by atoms with Gasteiger partial charge >= 0.3 is 0 Å². The van der Waals surface area contributed by atoms with Crippen LogP contribution in [0.15, 0.2) is 49.6 Å². The Hall–Kier alpha value is -1.54. The fourth-order valence-corrected chi connectivity index (χ4v) is 2.14. The largest absolute Gasteiger partial charge is 0.497 e. The minimum absolute atomic E-state index is 0.383. The minimum Gasteiger partial charge on any atom is -0.497 e. The van der Waals surface area contributed by atoms with Crippen molar-refractivity contribution in [3.8, 4) is 5.75 Å². The molecule has 2 heteroatoms. The van der Waals surface area contributed by atoms with Crippen molar-refractivity contribution in [3.05, 3.63) is 55.1 Å². The van der Waals surface area contributed by atoms with E-state index in [-0.39, 0.29) is 0 Å². The van der Waals surface area contributed by atoms with Crippen LogP contribution >= 0.6 is 0 Å². The monoisotopic (exact) mass is 259 g/mol. The fraction of sp³-hybridized carbons (Fsp3) is 0.412. The first kappa shape index (κ1) is 15.5. The molecule has 0 amide bonds. The summed E-state index contributed by atoms with van der Waals surface area (Å²) in [6, 6.07) is 8.68. The van der Waals surface area contributed by atoms with Crippen LogP contribution in [0.5, 0.6) is 5.75 Å². The molecule has 0 N–H and O–H groups in total. The predicted octanol–water partition coefficient (Wildman–Crippen LogP) is 4.21. The zero-order valence-electron chi connectivity index (χ0n) is 12.1. The van der Waals surface area contributed by atoms with Gasteiger partial charge in [-0.15, -0.1) is 13.2 Å². The molecule has 0 spiro atoms. The first-order valence-electron chi connectivity index (χ1n) is 6.82. The van der Waals surface area contributed by atoms with E-state index in [1.165, 1.54) is 5.56 Å². The minimum atomic E-state index is 0.383. The molecular formula is C17H25NO.